The highest BCUT2D eigenvalue weighted by Gasteiger charge is 2.20. The van der Waals surface area contributed by atoms with Crippen molar-refractivity contribution in [1.29, 1.82) is 0 Å². The van der Waals surface area contributed by atoms with Crippen molar-refractivity contribution in [2.45, 2.75) is 13.0 Å². The molecule has 3 rings (SSSR count). The van der Waals surface area contributed by atoms with Crippen molar-refractivity contribution in [3.63, 3.8) is 0 Å². The summed E-state index contributed by atoms with van der Waals surface area (Å²) in [5.41, 5.74) is 1.03. The van der Waals surface area contributed by atoms with Crippen molar-refractivity contribution in [1.82, 2.24) is 9.88 Å². The van der Waals surface area contributed by atoms with Crippen LogP contribution in [-0.2, 0) is 0 Å². The number of rotatable bonds is 3. The average molecular weight is 374 g/mol. The summed E-state index contributed by atoms with van der Waals surface area (Å²) < 4.78 is 13.2. The Morgan fingerprint density at radius 3 is 2.62 bits per heavy atom. The van der Waals surface area contributed by atoms with Crippen LogP contribution < -0.4 is 10.9 Å². The number of nitrogens with one attached hydrogen (secondary N) is 2. The Morgan fingerprint density at radius 2 is 1.92 bits per heavy atom. The van der Waals surface area contributed by atoms with E-state index >= 15 is 0 Å². The lowest BCUT2D eigenvalue weighted by molar-refractivity contribution is 0.208. The normalized spacial score (nSPS) is 12.0. The fourth-order valence-corrected chi connectivity index (χ4v) is 2.93. The summed E-state index contributed by atoms with van der Waals surface area (Å²) in [5.74, 6) is -0.550. The number of hydrogen-bond acceptors (Lipinski definition) is 2. The molecule has 134 valence electrons. The maximum Gasteiger partial charge on any atom is 0.322 e. The molecule has 26 heavy (non-hydrogen) atoms. The maximum atomic E-state index is 13.2. The van der Waals surface area contributed by atoms with Crippen LogP contribution >= 0.6 is 11.6 Å². The molecule has 0 saturated carbocycles. The van der Waals surface area contributed by atoms with Gasteiger partial charge < -0.3 is 15.2 Å². The number of halogens is 2. The van der Waals surface area contributed by atoms with E-state index in [1.165, 1.54) is 23.1 Å². The molecule has 2 N–H and O–H groups in total. The summed E-state index contributed by atoms with van der Waals surface area (Å²) in [6.45, 7) is 1.86. The quantitative estimate of drug-likeness (QED) is 0.707. The van der Waals surface area contributed by atoms with E-state index in [4.69, 9.17) is 11.6 Å². The van der Waals surface area contributed by atoms with E-state index in [1.54, 1.807) is 25.4 Å². The van der Waals surface area contributed by atoms with Gasteiger partial charge in [0.25, 0.3) is 5.56 Å². The van der Waals surface area contributed by atoms with Crippen molar-refractivity contribution in [3.05, 3.63) is 75.4 Å². The van der Waals surface area contributed by atoms with Crippen LogP contribution in [0, 0.1) is 5.82 Å². The van der Waals surface area contributed by atoms with Crippen LogP contribution in [0.15, 0.2) is 53.5 Å². The summed E-state index contributed by atoms with van der Waals surface area (Å²) >= 11 is 5.74. The van der Waals surface area contributed by atoms with Crippen molar-refractivity contribution in [2.75, 3.05) is 12.4 Å². The van der Waals surface area contributed by atoms with E-state index < -0.39 is 5.82 Å². The number of H-pyrrole nitrogens is 1. The van der Waals surface area contributed by atoms with Crippen molar-refractivity contribution in [3.8, 4) is 0 Å². The Bertz CT molecular complexity index is 1030. The standard InChI is InChI=1S/C19H17ClFN3O2/c1-11(15-10-22-18(25)14-6-4-3-5-13(14)15)24(2)19(26)23-12-7-8-17(21)16(20)9-12/h3-11H,1-2H3,(H,22,25)(H,23,26). The number of carbonyl (C=O) groups is 1. The number of fused-ring (bicyclic) bond motifs is 1. The van der Waals surface area contributed by atoms with E-state index in [2.05, 4.69) is 10.3 Å². The molecule has 2 amide bonds. The predicted molar refractivity (Wildman–Crippen MR) is 101 cm³/mol. The van der Waals surface area contributed by atoms with Gasteiger partial charge in [0.2, 0.25) is 0 Å². The van der Waals surface area contributed by atoms with Gasteiger partial charge in [0.15, 0.2) is 0 Å². The Morgan fingerprint density at radius 1 is 1.23 bits per heavy atom. The van der Waals surface area contributed by atoms with Crippen LogP contribution in [0.4, 0.5) is 14.9 Å². The van der Waals surface area contributed by atoms with E-state index in [1.807, 2.05) is 19.1 Å². The minimum atomic E-state index is -0.550. The first kappa shape index (κ1) is 17.9. The van der Waals surface area contributed by atoms with Gasteiger partial charge in [0.05, 0.1) is 11.1 Å². The van der Waals surface area contributed by atoms with E-state index in [9.17, 15) is 14.0 Å². The molecule has 0 aliphatic rings. The number of hydrogen-bond donors (Lipinski definition) is 2. The zero-order chi connectivity index (χ0) is 18.8. The topological polar surface area (TPSA) is 65.2 Å². The molecule has 0 fully saturated rings. The SMILES string of the molecule is CC(c1c[nH]c(=O)c2ccccc12)N(C)C(=O)Nc1ccc(F)c(Cl)c1. The third-order valence-electron chi connectivity index (χ3n) is 4.36. The largest absolute Gasteiger partial charge is 0.328 e. The van der Waals surface area contributed by atoms with Gasteiger partial charge in [-0.15, -0.1) is 0 Å². The lowest BCUT2D eigenvalue weighted by Crippen LogP contribution is -2.34. The summed E-state index contributed by atoms with van der Waals surface area (Å²) in [4.78, 5) is 28.7. The molecule has 1 atom stereocenters. The number of carbonyl (C=O) groups excluding carboxylic acids is 1. The monoisotopic (exact) mass is 373 g/mol. The highest BCUT2D eigenvalue weighted by atomic mass is 35.5. The third kappa shape index (κ3) is 3.41. The first-order valence-electron chi connectivity index (χ1n) is 7.97. The van der Waals surface area contributed by atoms with Gasteiger partial charge in [-0.1, -0.05) is 29.8 Å². The molecule has 0 spiro atoms. The van der Waals surface area contributed by atoms with E-state index in [-0.39, 0.29) is 22.7 Å². The van der Waals surface area contributed by atoms with E-state index in [0.29, 0.717) is 11.1 Å². The Labute approximate surface area is 154 Å². The Kier molecular flexibility index (Phi) is 4.95. The van der Waals surface area contributed by atoms with Gasteiger partial charge in [-0.05, 0) is 42.1 Å². The molecular formula is C19H17ClFN3O2. The summed E-state index contributed by atoms with van der Waals surface area (Å²) in [6.07, 6.45) is 1.62. The molecule has 0 saturated heterocycles. The van der Waals surface area contributed by atoms with Gasteiger partial charge >= 0.3 is 6.03 Å². The van der Waals surface area contributed by atoms with Crippen molar-refractivity contribution < 1.29 is 9.18 Å². The van der Waals surface area contributed by atoms with Crippen LogP contribution in [0.25, 0.3) is 10.8 Å². The molecular weight excluding hydrogens is 357 g/mol. The average Bonchev–Trinajstić information content (AvgIpc) is 2.64. The van der Waals surface area contributed by atoms with Crippen molar-refractivity contribution >= 4 is 34.1 Å². The fourth-order valence-electron chi connectivity index (χ4n) is 2.75. The second kappa shape index (κ2) is 7.17. The predicted octanol–water partition coefficient (Wildman–Crippen LogP) is 4.55. The molecule has 0 bridgehead atoms. The molecule has 2 aromatic carbocycles. The molecule has 0 aliphatic carbocycles. The summed E-state index contributed by atoms with van der Waals surface area (Å²) in [7, 11) is 1.64. The number of anilines is 1. The molecule has 1 heterocycles. The number of pyridine rings is 1. The highest BCUT2D eigenvalue weighted by molar-refractivity contribution is 6.31. The van der Waals surface area contributed by atoms with Gasteiger partial charge in [0.1, 0.15) is 5.82 Å². The zero-order valence-electron chi connectivity index (χ0n) is 14.2. The Hall–Kier alpha value is -2.86. The molecule has 3 aromatic rings. The Balaban J connectivity index is 1.86. The second-order valence-corrected chi connectivity index (χ2v) is 6.37. The highest BCUT2D eigenvalue weighted by Crippen LogP contribution is 2.26. The summed E-state index contributed by atoms with van der Waals surface area (Å²) in [6, 6.07) is 10.5. The first-order chi connectivity index (χ1) is 12.4. The van der Waals surface area contributed by atoms with Gasteiger partial charge in [-0.25, -0.2) is 9.18 Å². The molecule has 0 aliphatic heterocycles. The van der Waals surface area contributed by atoms with Crippen LogP contribution in [0.5, 0.6) is 0 Å². The number of benzene rings is 2. The first-order valence-corrected chi connectivity index (χ1v) is 8.35. The minimum Gasteiger partial charge on any atom is -0.328 e. The number of urea groups is 1. The maximum absolute atomic E-state index is 13.2. The number of amides is 2. The minimum absolute atomic E-state index is 0.0647. The van der Waals surface area contributed by atoms with Crippen LogP contribution in [-0.4, -0.2) is 23.0 Å². The second-order valence-electron chi connectivity index (χ2n) is 5.96. The zero-order valence-corrected chi connectivity index (χ0v) is 15.0. The van der Waals surface area contributed by atoms with Crippen molar-refractivity contribution in [2.24, 2.45) is 0 Å². The molecule has 1 unspecified atom stereocenters. The molecule has 1 aromatic heterocycles. The van der Waals surface area contributed by atoms with Crippen LogP contribution in [0.1, 0.15) is 18.5 Å². The number of nitrogens with zero attached hydrogens (tertiary/aromatic N) is 1. The lowest BCUT2D eigenvalue weighted by Gasteiger charge is -2.26. The lowest BCUT2D eigenvalue weighted by atomic mass is 10.0. The van der Waals surface area contributed by atoms with Gasteiger partial charge in [-0.2, -0.15) is 0 Å². The fraction of sp³-hybridized carbons (Fsp3) is 0.158. The smallest absolute Gasteiger partial charge is 0.322 e. The number of aromatic amines is 1. The van der Waals surface area contributed by atoms with Gasteiger partial charge in [0, 0.05) is 24.3 Å². The van der Waals surface area contributed by atoms with Crippen LogP contribution in [0.3, 0.4) is 0 Å². The number of aromatic nitrogens is 1. The molecule has 0 radical (unpaired) electrons. The third-order valence-corrected chi connectivity index (χ3v) is 4.65. The summed E-state index contributed by atoms with van der Waals surface area (Å²) in [5, 5.41) is 3.97. The van der Waals surface area contributed by atoms with Gasteiger partial charge in [-0.3, -0.25) is 4.79 Å². The molecule has 7 heteroatoms. The molecule has 5 nitrogen and oxygen atoms in total. The van der Waals surface area contributed by atoms with E-state index in [0.717, 1.165) is 10.9 Å². The van der Waals surface area contributed by atoms with Crippen LogP contribution in [0.2, 0.25) is 5.02 Å².